The first-order valence-corrected chi connectivity index (χ1v) is 10.2. The van der Waals surface area contributed by atoms with E-state index in [2.05, 4.69) is 33.3 Å². The number of quaternary nitrogens is 1. The van der Waals surface area contributed by atoms with Gasteiger partial charge in [-0.25, -0.2) is 0 Å². The highest BCUT2D eigenvalue weighted by Crippen LogP contribution is 2.48. The summed E-state index contributed by atoms with van der Waals surface area (Å²) in [5.74, 6) is 1.05. The van der Waals surface area contributed by atoms with Gasteiger partial charge >= 0.3 is 0 Å². The average molecular weight is 463 g/mol. The first kappa shape index (κ1) is 20.3. The third-order valence-electron chi connectivity index (χ3n) is 5.09. The van der Waals surface area contributed by atoms with Crippen molar-refractivity contribution in [2.24, 2.45) is 5.92 Å². The molecule has 5 heteroatoms. The molecular formula is C19H30INO2S. The molecule has 2 fully saturated rings. The van der Waals surface area contributed by atoms with Crippen molar-refractivity contribution in [1.82, 2.24) is 0 Å². The van der Waals surface area contributed by atoms with Gasteiger partial charge in [0, 0.05) is 5.92 Å². The van der Waals surface area contributed by atoms with Crippen LogP contribution in [-0.4, -0.2) is 48.2 Å². The maximum absolute atomic E-state index is 13.3. The molecule has 136 valence electrons. The largest absolute Gasteiger partial charge is 1.00 e. The van der Waals surface area contributed by atoms with Gasteiger partial charge in [-0.05, 0) is 18.4 Å². The Bertz CT molecular complexity index is 554. The van der Waals surface area contributed by atoms with E-state index in [1.165, 1.54) is 19.3 Å². The van der Waals surface area contributed by atoms with Gasteiger partial charge in [0.1, 0.15) is 12.6 Å². The monoisotopic (exact) mass is 463 g/mol. The first-order valence-electron chi connectivity index (χ1n) is 8.84. The van der Waals surface area contributed by atoms with Crippen LogP contribution in [0.5, 0.6) is 0 Å². The SMILES string of the molecule is C[N+](C)(C)C[C@@H]1C[S@](=O)[C@](c2ccccc2)(C2CCCCC2)O1.[I-]. The van der Waals surface area contributed by atoms with Crippen molar-refractivity contribution in [1.29, 1.82) is 0 Å². The zero-order valence-corrected chi connectivity index (χ0v) is 18.0. The molecule has 0 bridgehead atoms. The Morgan fingerprint density at radius 1 is 1.12 bits per heavy atom. The number of hydrogen-bond acceptors (Lipinski definition) is 2. The van der Waals surface area contributed by atoms with E-state index in [-0.39, 0.29) is 30.1 Å². The topological polar surface area (TPSA) is 26.3 Å². The van der Waals surface area contributed by atoms with Crippen LogP contribution in [0.3, 0.4) is 0 Å². The summed E-state index contributed by atoms with van der Waals surface area (Å²) in [5, 5.41) is 0. The number of halogens is 1. The number of benzene rings is 1. The Labute approximate surface area is 166 Å². The Morgan fingerprint density at radius 3 is 2.33 bits per heavy atom. The second-order valence-corrected chi connectivity index (χ2v) is 9.72. The zero-order chi connectivity index (χ0) is 16.5. The summed E-state index contributed by atoms with van der Waals surface area (Å²) in [6.45, 7) is 0.910. The number of likely N-dealkylation sites (N-methyl/N-ethyl adjacent to an activating group) is 1. The van der Waals surface area contributed by atoms with Crippen molar-refractivity contribution in [2.45, 2.75) is 43.1 Å². The van der Waals surface area contributed by atoms with Crippen LogP contribution in [0.2, 0.25) is 0 Å². The third-order valence-corrected chi connectivity index (χ3v) is 7.10. The molecule has 0 unspecified atom stereocenters. The molecule has 0 amide bonds. The van der Waals surface area contributed by atoms with Gasteiger partial charge in [-0.2, -0.15) is 0 Å². The number of hydrogen-bond donors (Lipinski definition) is 0. The normalized spacial score (nSPS) is 31.6. The van der Waals surface area contributed by atoms with Gasteiger partial charge in [-0.1, -0.05) is 49.6 Å². The Morgan fingerprint density at radius 2 is 1.75 bits per heavy atom. The van der Waals surface area contributed by atoms with Gasteiger partial charge in [0.15, 0.2) is 4.93 Å². The standard InChI is InChI=1S/C19H30NO2S.HI/c1-20(2,3)14-18-15-23(21)19(22-18,16-10-6-4-7-11-16)17-12-8-5-9-13-17;/h4,6-7,10-11,17-18H,5,8-9,12-15H2,1-3H3;1H/q+1;/p-1/t18-,19-,23+;/m1./s1. The van der Waals surface area contributed by atoms with Crippen LogP contribution in [-0.2, 0) is 20.5 Å². The van der Waals surface area contributed by atoms with E-state index in [9.17, 15) is 4.21 Å². The van der Waals surface area contributed by atoms with Gasteiger partial charge < -0.3 is 33.2 Å². The summed E-state index contributed by atoms with van der Waals surface area (Å²) in [6, 6.07) is 10.3. The molecule has 24 heavy (non-hydrogen) atoms. The van der Waals surface area contributed by atoms with Crippen molar-refractivity contribution >= 4 is 10.8 Å². The minimum Gasteiger partial charge on any atom is -1.00 e. The molecule has 0 N–H and O–H groups in total. The molecule has 1 aliphatic carbocycles. The lowest BCUT2D eigenvalue weighted by molar-refractivity contribution is -0.873. The fourth-order valence-electron chi connectivity index (χ4n) is 4.20. The van der Waals surface area contributed by atoms with Crippen LogP contribution in [0.1, 0.15) is 37.7 Å². The molecule has 1 aromatic rings. The third kappa shape index (κ3) is 4.22. The summed E-state index contributed by atoms with van der Waals surface area (Å²) >= 11 is 0. The average Bonchev–Trinajstić information content (AvgIpc) is 2.84. The van der Waals surface area contributed by atoms with E-state index >= 15 is 0 Å². The number of nitrogens with zero attached hydrogens (tertiary/aromatic N) is 1. The molecule has 3 nitrogen and oxygen atoms in total. The Balaban J connectivity index is 0.00000208. The first-order chi connectivity index (χ1) is 10.9. The molecule has 1 saturated heterocycles. The summed E-state index contributed by atoms with van der Waals surface area (Å²) in [5.41, 5.74) is 1.12. The maximum atomic E-state index is 13.3. The lowest BCUT2D eigenvalue weighted by Gasteiger charge is -2.39. The van der Waals surface area contributed by atoms with Crippen molar-refractivity contribution < 1.29 is 37.4 Å². The van der Waals surface area contributed by atoms with Gasteiger partial charge in [0.25, 0.3) is 0 Å². The molecule has 0 radical (unpaired) electrons. The van der Waals surface area contributed by atoms with Crippen molar-refractivity contribution in [2.75, 3.05) is 33.4 Å². The molecule has 3 atom stereocenters. The van der Waals surface area contributed by atoms with Crippen LogP contribution >= 0.6 is 0 Å². The van der Waals surface area contributed by atoms with E-state index < -0.39 is 15.7 Å². The van der Waals surface area contributed by atoms with E-state index in [1.807, 2.05) is 18.2 Å². The number of rotatable bonds is 4. The smallest absolute Gasteiger partial charge is 0.171 e. The summed E-state index contributed by atoms with van der Waals surface area (Å²) in [4.78, 5) is -0.582. The lowest BCUT2D eigenvalue weighted by Crippen LogP contribution is -3.00. The molecule has 1 saturated carbocycles. The molecule has 2 aliphatic rings. The van der Waals surface area contributed by atoms with Crippen molar-refractivity contribution in [3.05, 3.63) is 35.9 Å². The van der Waals surface area contributed by atoms with Gasteiger partial charge in [0.2, 0.25) is 0 Å². The maximum Gasteiger partial charge on any atom is 0.171 e. The van der Waals surface area contributed by atoms with Crippen LogP contribution in [0.15, 0.2) is 30.3 Å². The molecule has 0 spiro atoms. The Kier molecular flexibility index (Phi) is 6.90. The second kappa shape index (κ2) is 8.14. The van der Waals surface area contributed by atoms with Crippen LogP contribution in [0, 0.1) is 5.92 Å². The highest BCUT2D eigenvalue weighted by atomic mass is 127. The summed E-state index contributed by atoms with van der Waals surface area (Å²) < 4.78 is 20.8. The van der Waals surface area contributed by atoms with Gasteiger partial charge in [-0.3, -0.25) is 4.21 Å². The molecule has 0 aromatic heterocycles. The minimum absolute atomic E-state index is 0. The fourth-order valence-corrected chi connectivity index (χ4v) is 6.21. The number of ether oxygens (including phenoxy) is 1. The Hall–Kier alpha value is 0.0200. The summed E-state index contributed by atoms with van der Waals surface area (Å²) in [6.07, 6.45) is 6.13. The van der Waals surface area contributed by atoms with E-state index in [4.69, 9.17) is 4.74 Å². The molecule has 1 heterocycles. The fraction of sp³-hybridized carbons (Fsp3) is 0.684. The summed E-state index contributed by atoms with van der Waals surface area (Å²) in [7, 11) is 5.56. The predicted octanol–water partition coefficient (Wildman–Crippen LogP) is 0.277. The molecule has 1 aliphatic heterocycles. The molecular weight excluding hydrogens is 433 g/mol. The van der Waals surface area contributed by atoms with E-state index in [1.54, 1.807) is 0 Å². The molecule has 3 rings (SSSR count). The molecule has 1 aromatic carbocycles. The minimum atomic E-state index is -0.965. The van der Waals surface area contributed by atoms with Crippen LogP contribution in [0.4, 0.5) is 0 Å². The van der Waals surface area contributed by atoms with Gasteiger partial charge in [0.05, 0.1) is 37.7 Å². The van der Waals surface area contributed by atoms with Crippen molar-refractivity contribution in [3.8, 4) is 0 Å². The van der Waals surface area contributed by atoms with E-state index in [0.29, 0.717) is 11.7 Å². The highest BCUT2D eigenvalue weighted by molar-refractivity contribution is 7.86. The quantitative estimate of drug-likeness (QED) is 0.474. The van der Waals surface area contributed by atoms with Crippen LogP contribution in [0.25, 0.3) is 0 Å². The lowest BCUT2D eigenvalue weighted by atomic mass is 9.82. The highest BCUT2D eigenvalue weighted by Gasteiger charge is 2.54. The zero-order valence-electron chi connectivity index (χ0n) is 15.0. The van der Waals surface area contributed by atoms with E-state index in [0.717, 1.165) is 29.4 Å². The predicted molar refractivity (Wildman–Crippen MR) is 95.5 cm³/mol. The van der Waals surface area contributed by atoms with Crippen molar-refractivity contribution in [3.63, 3.8) is 0 Å². The second-order valence-electron chi connectivity index (χ2n) is 8.09. The van der Waals surface area contributed by atoms with Crippen LogP contribution < -0.4 is 24.0 Å². The van der Waals surface area contributed by atoms with Gasteiger partial charge in [-0.15, -0.1) is 0 Å².